The summed E-state index contributed by atoms with van der Waals surface area (Å²) in [6.07, 6.45) is 8.07. The van der Waals surface area contributed by atoms with Gasteiger partial charge in [-0.3, -0.25) is 5.32 Å². The molecule has 0 radical (unpaired) electrons. The van der Waals surface area contributed by atoms with Gasteiger partial charge in [-0.1, -0.05) is 13.8 Å². The Bertz CT molecular complexity index is 546. The molecule has 4 nitrogen and oxygen atoms in total. The molecular weight excluding hydrogens is 250 g/mol. The highest BCUT2D eigenvalue weighted by Gasteiger charge is 2.33. The van der Waals surface area contributed by atoms with Crippen LogP contribution < -0.4 is 5.32 Å². The molecule has 1 aliphatic carbocycles. The van der Waals surface area contributed by atoms with Gasteiger partial charge in [0, 0.05) is 25.5 Å². The number of rotatable bonds is 4. The van der Waals surface area contributed by atoms with E-state index in [4.69, 9.17) is 4.42 Å². The lowest BCUT2D eigenvalue weighted by Gasteiger charge is -2.25. The topological polar surface area (TPSA) is 43.0 Å². The van der Waals surface area contributed by atoms with Crippen molar-refractivity contribution in [2.45, 2.75) is 38.8 Å². The van der Waals surface area contributed by atoms with Gasteiger partial charge in [0.1, 0.15) is 17.6 Å². The van der Waals surface area contributed by atoms with Crippen LogP contribution in [0.1, 0.15) is 44.3 Å². The van der Waals surface area contributed by atoms with E-state index >= 15 is 0 Å². The highest BCUT2D eigenvalue weighted by molar-refractivity contribution is 5.16. The molecule has 0 aromatic carbocycles. The third-order valence-corrected chi connectivity index (χ3v) is 4.79. The van der Waals surface area contributed by atoms with Crippen molar-refractivity contribution in [3.63, 3.8) is 0 Å². The maximum Gasteiger partial charge on any atom is 0.133 e. The van der Waals surface area contributed by atoms with Crippen molar-refractivity contribution in [3.8, 4) is 0 Å². The first-order chi connectivity index (χ1) is 9.66. The summed E-state index contributed by atoms with van der Waals surface area (Å²) in [4.78, 5) is 4.50. The Labute approximate surface area is 120 Å². The molecule has 0 bridgehead atoms. The molecule has 4 heteroatoms. The first-order valence-electron chi connectivity index (χ1n) is 7.43. The molecule has 0 spiro atoms. The highest BCUT2D eigenvalue weighted by atomic mass is 16.3. The van der Waals surface area contributed by atoms with Crippen LogP contribution in [0, 0.1) is 11.8 Å². The van der Waals surface area contributed by atoms with Crippen LogP contribution >= 0.6 is 0 Å². The van der Waals surface area contributed by atoms with Crippen molar-refractivity contribution in [2.75, 3.05) is 0 Å². The Kier molecular flexibility index (Phi) is 3.66. The van der Waals surface area contributed by atoms with E-state index in [2.05, 4.69) is 28.7 Å². The van der Waals surface area contributed by atoms with Crippen LogP contribution in [0.3, 0.4) is 0 Å². The number of aryl methyl sites for hydroxylation is 1. The van der Waals surface area contributed by atoms with Gasteiger partial charge in [-0.05, 0) is 36.8 Å². The minimum absolute atomic E-state index is 0.0303. The van der Waals surface area contributed by atoms with Gasteiger partial charge in [0.2, 0.25) is 0 Å². The number of hydrogen-bond donors (Lipinski definition) is 1. The van der Waals surface area contributed by atoms with Crippen LogP contribution in [-0.2, 0) is 7.05 Å². The summed E-state index contributed by atoms with van der Waals surface area (Å²) >= 11 is 0. The molecule has 0 amide bonds. The number of hydrogen-bond acceptors (Lipinski definition) is 3. The molecule has 20 heavy (non-hydrogen) atoms. The van der Waals surface area contributed by atoms with Gasteiger partial charge in [-0.15, -0.1) is 0 Å². The summed E-state index contributed by atoms with van der Waals surface area (Å²) in [5, 5.41) is 3.76. The van der Waals surface area contributed by atoms with E-state index in [0.717, 1.165) is 17.5 Å². The Morgan fingerprint density at radius 1 is 1.40 bits per heavy atom. The standard InChI is InChI=1S/C16H23N3O/c1-11-6-7-13(12(11)2)18-15(14-5-4-10-20-14)16-17-8-9-19(16)3/h4-5,8-13,15,18H,6-7H2,1-3H3. The van der Waals surface area contributed by atoms with Gasteiger partial charge in [-0.2, -0.15) is 0 Å². The lowest BCUT2D eigenvalue weighted by atomic mass is 9.97. The molecule has 2 aromatic rings. The fraction of sp³-hybridized carbons (Fsp3) is 0.562. The first-order valence-corrected chi connectivity index (χ1v) is 7.43. The van der Waals surface area contributed by atoms with Gasteiger partial charge >= 0.3 is 0 Å². The SMILES string of the molecule is CC1CCC(NC(c2ccco2)c2nccn2C)C1C. The summed E-state index contributed by atoms with van der Waals surface area (Å²) in [7, 11) is 2.03. The van der Waals surface area contributed by atoms with Gasteiger partial charge < -0.3 is 8.98 Å². The molecule has 1 fully saturated rings. The van der Waals surface area contributed by atoms with Crippen molar-refractivity contribution in [3.05, 3.63) is 42.4 Å². The van der Waals surface area contributed by atoms with Crippen LogP contribution in [-0.4, -0.2) is 15.6 Å². The maximum absolute atomic E-state index is 5.63. The van der Waals surface area contributed by atoms with Gasteiger partial charge in [-0.25, -0.2) is 4.98 Å². The molecule has 1 aliphatic rings. The maximum atomic E-state index is 5.63. The Morgan fingerprint density at radius 2 is 2.25 bits per heavy atom. The van der Waals surface area contributed by atoms with Crippen LogP contribution in [0.25, 0.3) is 0 Å². The third-order valence-electron chi connectivity index (χ3n) is 4.79. The molecule has 1 saturated carbocycles. The molecule has 108 valence electrons. The largest absolute Gasteiger partial charge is 0.467 e. The van der Waals surface area contributed by atoms with E-state index in [9.17, 15) is 0 Å². The summed E-state index contributed by atoms with van der Waals surface area (Å²) in [5.41, 5.74) is 0. The number of nitrogens with one attached hydrogen (secondary N) is 1. The summed E-state index contributed by atoms with van der Waals surface area (Å²) < 4.78 is 7.69. The van der Waals surface area contributed by atoms with E-state index in [1.54, 1.807) is 6.26 Å². The predicted molar refractivity (Wildman–Crippen MR) is 78.2 cm³/mol. The monoisotopic (exact) mass is 273 g/mol. The Hall–Kier alpha value is -1.55. The van der Waals surface area contributed by atoms with Crippen molar-refractivity contribution in [1.29, 1.82) is 0 Å². The zero-order chi connectivity index (χ0) is 14.1. The molecule has 2 aromatic heterocycles. The molecule has 2 heterocycles. The van der Waals surface area contributed by atoms with Crippen molar-refractivity contribution < 1.29 is 4.42 Å². The molecule has 0 aliphatic heterocycles. The first kappa shape index (κ1) is 13.4. The van der Waals surface area contributed by atoms with Crippen molar-refractivity contribution in [1.82, 2.24) is 14.9 Å². The fourth-order valence-electron chi connectivity index (χ4n) is 3.21. The molecular formula is C16H23N3O. The number of furan rings is 1. The lowest BCUT2D eigenvalue weighted by Crippen LogP contribution is -2.37. The minimum Gasteiger partial charge on any atom is -0.467 e. The molecule has 4 atom stereocenters. The van der Waals surface area contributed by atoms with E-state index in [-0.39, 0.29) is 6.04 Å². The highest BCUT2D eigenvalue weighted by Crippen LogP contribution is 2.33. The minimum atomic E-state index is 0.0303. The molecule has 4 unspecified atom stereocenters. The van der Waals surface area contributed by atoms with E-state index in [1.807, 2.05) is 31.6 Å². The van der Waals surface area contributed by atoms with E-state index in [1.165, 1.54) is 12.8 Å². The van der Waals surface area contributed by atoms with Gasteiger partial charge in [0.25, 0.3) is 0 Å². The van der Waals surface area contributed by atoms with Crippen LogP contribution in [0.5, 0.6) is 0 Å². The van der Waals surface area contributed by atoms with E-state index in [0.29, 0.717) is 12.0 Å². The van der Waals surface area contributed by atoms with Crippen LogP contribution in [0.2, 0.25) is 0 Å². The van der Waals surface area contributed by atoms with Gasteiger partial charge in [0.15, 0.2) is 0 Å². The third kappa shape index (κ3) is 2.40. The number of imidazole rings is 1. The normalized spacial score (nSPS) is 27.9. The van der Waals surface area contributed by atoms with Crippen LogP contribution in [0.4, 0.5) is 0 Å². The summed E-state index contributed by atoms with van der Waals surface area (Å²) in [6, 6.07) is 4.52. The average molecular weight is 273 g/mol. The second-order valence-corrected chi connectivity index (χ2v) is 6.03. The quantitative estimate of drug-likeness (QED) is 0.930. The number of aromatic nitrogens is 2. The molecule has 1 N–H and O–H groups in total. The zero-order valence-electron chi connectivity index (χ0n) is 12.4. The number of nitrogens with zero attached hydrogens (tertiary/aromatic N) is 2. The van der Waals surface area contributed by atoms with E-state index < -0.39 is 0 Å². The predicted octanol–water partition coefficient (Wildman–Crippen LogP) is 3.13. The molecule has 3 rings (SSSR count). The average Bonchev–Trinajstić information content (AvgIpc) is 3.14. The van der Waals surface area contributed by atoms with Gasteiger partial charge in [0.05, 0.1) is 6.26 Å². The second-order valence-electron chi connectivity index (χ2n) is 6.03. The smallest absolute Gasteiger partial charge is 0.133 e. The summed E-state index contributed by atoms with van der Waals surface area (Å²) in [5.74, 6) is 3.41. The Balaban J connectivity index is 1.86. The van der Waals surface area contributed by atoms with Crippen molar-refractivity contribution >= 4 is 0 Å². The zero-order valence-corrected chi connectivity index (χ0v) is 12.4. The van der Waals surface area contributed by atoms with Crippen molar-refractivity contribution in [2.24, 2.45) is 18.9 Å². The fourth-order valence-corrected chi connectivity index (χ4v) is 3.21. The second kappa shape index (κ2) is 5.44. The Morgan fingerprint density at radius 3 is 2.80 bits per heavy atom. The molecule has 0 saturated heterocycles. The summed E-state index contributed by atoms with van der Waals surface area (Å²) in [6.45, 7) is 4.68. The lowest BCUT2D eigenvalue weighted by molar-refractivity contribution is 0.326. The van der Waals surface area contributed by atoms with Crippen LogP contribution in [0.15, 0.2) is 35.2 Å².